The highest BCUT2D eigenvalue weighted by Gasteiger charge is 1.94. The van der Waals surface area contributed by atoms with E-state index >= 15 is 0 Å². The molecule has 0 atom stereocenters. The third-order valence-corrected chi connectivity index (χ3v) is 2.63. The molecule has 0 saturated carbocycles. The molecule has 1 radical (unpaired) electrons. The lowest BCUT2D eigenvalue weighted by atomic mass is 10.0. The summed E-state index contributed by atoms with van der Waals surface area (Å²) in [6.45, 7) is 2.23. The molecule has 0 heterocycles. The molecule has 0 saturated heterocycles. The second-order valence-corrected chi connectivity index (χ2v) is 3.95. The van der Waals surface area contributed by atoms with Crippen LogP contribution < -0.4 is 0 Å². The van der Waals surface area contributed by atoms with Gasteiger partial charge in [-0.3, -0.25) is 0 Å². The maximum atomic E-state index is 6.86. The quantitative estimate of drug-likeness (QED) is 0.481. The molecular formula is C15H19. The van der Waals surface area contributed by atoms with E-state index in [1.807, 2.05) is 0 Å². The molecule has 0 aromatic heterocycles. The Hall–Kier alpha value is -1.22. The van der Waals surface area contributed by atoms with E-state index in [0.717, 1.165) is 12.8 Å². The third kappa shape index (κ3) is 4.70. The Balaban J connectivity index is 2.39. The van der Waals surface area contributed by atoms with E-state index in [4.69, 9.17) is 6.42 Å². The number of hydrogen-bond donors (Lipinski definition) is 0. The molecule has 0 N–H and O–H groups in total. The minimum Gasteiger partial charge on any atom is -0.0888 e. The second-order valence-electron chi connectivity index (χ2n) is 3.95. The molecule has 0 aliphatic carbocycles. The van der Waals surface area contributed by atoms with Crippen LogP contribution in [0.5, 0.6) is 0 Å². The Morgan fingerprint density at radius 3 is 2.13 bits per heavy atom. The van der Waals surface area contributed by atoms with Crippen LogP contribution in [0.15, 0.2) is 24.3 Å². The van der Waals surface area contributed by atoms with Gasteiger partial charge in [-0.15, -0.1) is 0 Å². The van der Waals surface area contributed by atoms with E-state index in [1.54, 1.807) is 0 Å². The molecule has 1 rings (SSSR count). The molecule has 0 nitrogen and oxygen atoms in total. The Bertz CT molecular complexity index is 300. The van der Waals surface area contributed by atoms with Crippen LogP contribution >= 0.6 is 0 Å². The fourth-order valence-electron chi connectivity index (χ4n) is 1.66. The summed E-state index contributed by atoms with van der Waals surface area (Å²) in [5.41, 5.74) is 2.75. The first-order chi connectivity index (χ1) is 7.36. The van der Waals surface area contributed by atoms with Gasteiger partial charge in [0.15, 0.2) is 0 Å². The van der Waals surface area contributed by atoms with Gasteiger partial charge in [-0.1, -0.05) is 50.0 Å². The molecule has 1 aromatic carbocycles. The topological polar surface area (TPSA) is 0 Å². The van der Waals surface area contributed by atoms with Gasteiger partial charge in [0.25, 0.3) is 0 Å². The minimum absolute atomic E-state index is 0.731. The molecule has 0 spiro atoms. The fourth-order valence-corrected chi connectivity index (χ4v) is 1.66. The summed E-state index contributed by atoms with van der Waals surface area (Å²) in [7, 11) is 0. The van der Waals surface area contributed by atoms with E-state index in [9.17, 15) is 0 Å². The van der Waals surface area contributed by atoms with Crippen LogP contribution in [0.1, 0.15) is 43.7 Å². The Labute approximate surface area is 93.7 Å². The largest absolute Gasteiger partial charge is 0.0888 e. The molecule has 0 amide bonds. The third-order valence-electron chi connectivity index (χ3n) is 2.63. The average Bonchev–Trinajstić information content (AvgIpc) is 2.28. The molecule has 0 aliphatic heterocycles. The lowest BCUT2D eigenvalue weighted by Crippen LogP contribution is -1.88. The lowest BCUT2D eigenvalue weighted by Gasteiger charge is -2.02. The summed E-state index contributed by atoms with van der Waals surface area (Å²) in [6.07, 6.45) is 13.6. The zero-order valence-corrected chi connectivity index (χ0v) is 9.55. The van der Waals surface area contributed by atoms with Crippen LogP contribution in [-0.4, -0.2) is 0 Å². The minimum atomic E-state index is 0.731. The zero-order valence-electron chi connectivity index (χ0n) is 9.55. The molecule has 0 unspecified atom stereocenters. The first kappa shape index (κ1) is 11.9. The number of aryl methyl sites for hydroxylation is 2. The van der Waals surface area contributed by atoms with E-state index < -0.39 is 0 Å². The van der Waals surface area contributed by atoms with Gasteiger partial charge in [-0.05, 0) is 36.8 Å². The Kier molecular flexibility index (Phi) is 5.63. The number of benzene rings is 1. The van der Waals surface area contributed by atoms with Crippen molar-refractivity contribution in [1.29, 1.82) is 0 Å². The van der Waals surface area contributed by atoms with Crippen molar-refractivity contribution in [1.82, 2.24) is 0 Å². The molecule has 0 fully saturated rings. The summed E-state index contributed by atoms with van der Waals surface area (Å²) < 4.78 is 0. The van der Waals surface area contributed by atoms with Crippen LogP contribution in [0.4, 0.5) is 0 Å². The van der Waals surface area contributed by atoms with Gasteiger partial charge in [0.1, 0.15) is 0 Å². The van der Waals surface area contributed by atoms with Crippen molar-refractivity contribution in [3.8, 4) is 5.92 Å². The van der Waals surface area contributed by atoms with Gasteiger partial charge in [-0.2, -0.15) is 0 Å². The van der Waals surface area contributed by atoms with Crippen LogP contribution in [0.3, 0.4) is 0 Å². The summed E-state index contributed by atoms with van der Waals surface area (Å²) in [6, 6.07) is 8.79. The molecule has 0 bridgehead atoms. The summed E-state index contributed by atoms with van der Waals surface area (Å²) in [5, 5.41) is 0. The highest BCUT2D eigenvalue weighted by Crippen LogP contribution is 2.10. The normalized spacial score (nSPS) is 9.87. The average molecular weight is 199 g/mol. The highest BCUT2D eigenvalue weighted by atomic mass is 14.0. The van der Waals surface area contributed by atoms with Gasteiger partial charge in [0.2, 0.25) is 0 Å². The van der Waals surface area contributed by atoms with Crippen LogP contribution in [0, 0.1) is 12.3 Å². The van der Waals surface area contributed by atoms with Crippen molar-refractivity contribution < 1.29 is 0 Å². The highest BCUT2D eigenvalue weighted by molar-refractivity contribution is 5.23. The van der Waals surface area contributed by atoms with E-state index in [-0.39, 0.29) is 0 Å². The number of hydrogen-bond acceptors (Lipinski definition) is 0. The monoisotopic (exact) mass is 199 g/mol. The lowest BCUT2D eigenvalue weighted by molar-refractivity contribution is 0.717. The maximum absolute atomic E-state index is 6.86. The van der Waals surface area contributed by atoms with Crippen molar-refractivity contribution in [2.75, 3.05) is 0 Å². The fraction of sp³-hybridized carbons (Fsp3) is 0.467. The second kappa shape index (κ2) is 7.12. The predicted octanol–water partition coefficient (Wildman–Crippen LogP) is 3.94. The van der Waals surface area contributed by atoms with Crippen LogP contribution in [0.2, 0.25) is 0 Å². The van der Waals surface area contributed by atoms with E-state index in [0.29, 0.717) is 0 Å². The molecule has 79 valence electrons. The SMILES string of the molecule is [C]#CCCc1ccc(CCCCC)cc1. The van der Waals surface area contributed by atoms with Gasteiger partial charge in [-0.25, -0.2) is 0 Å². The Morgan fingerprint density at radius 1 is 1.00 bits per heavy atom. The summed E-state index contributed by atoms with van der Waals surface area (Å²) >= 11 is 0. The van der Waals surface area contributed by atoms with Gasteiger partial charge in [0, 0.05) is 6.42 Å². The maximum Gasteiger partial charge on any atom is 0.0139 e. The Morgan fingerprint density at radius 2 is 1.60 bits per heavy atom. The molecule has 0 aliphatic rings. The smallest absolute Gasteiger partial charge is 0.0139 e. The zero-order chi connectivity index (χ0) is 10.9. The molecule has 15 heavy (non-hydrogen) atoms. The first-order valence-electron chi connectivity index (χ1n) is 5.84. The van der Waals surface area contributed by atoms with Crippen LogP contribution in [-0.2, 0) is 12.8 Å². The molecule has 0 heteroatoms. The van der Waals surface area contributed by atoms with Gasteiger partial charge >= 0.3 is 0 Å². The van der Waals surface area contributed by atoms with E-state index in [2.05, 4.69) is 37.1 Å². The van der Waals surface area contributed by atoms with Crippen molar-refractivity contribution in [3.63, 3.8) is 0 Å². The number of rotatable bonds is 6. The summed E-state index contributed by atoms with van der Waals surface area (Å²) in [4.78, 5) is 0. The molecule has 1 aromatic rings. The van der Waals surface area contributed by atoms with Gasteiger partial charge < -0.3 is 0 Å². The van der Waals surface area contributed by atoms with E-state index in [1.165, 1.54) is 36.8 Å². The summed E-state index contributed by atoms with van der Waals surface area (Å²) in [5.74, 6) is 2.42. The predicted molar refractivity (Wildman–Crippen MR) is 65.1 cm³/mol. The van der Waals surface area contributed by atoms with Crippen LogP contribution in [0.25, 0.3) is 0 Å². The number of unbranched alkanes of at least 4 members (excludes halogenated alkanes) is 2. The van der Waals surface area contributed by atoms with Crippen molar-refractivity contribution in [3.05, 3.63) is 41.8 Å². The van der Waals surface area contributed by atoms with Crippen molar-refractivity contribution >= 4 is 0 Å². The van der Waals surface area contributed by atoms with Crippen molar-refractivity contribution in [2.24, 2.45) is 0 Å². The molecular weight excluding hydrogens is 180 g/mol. The van der Waals surface area contributed by atoms with Gasteiger partial charge in [0.05, 0.1) is 0 Å². The first-order valence-corrected chi connectivity index (χ1v) is 5.84. The van der Waals surface area contributed by atoms with Crippen molar-refractivity contribution in [2.45, 2.75) is 45.4 Å². The standard InChI is InChI=1S/C15H19/c1-3-5-7-9-15-12-10-14(11-13-15)8-6-4-2/h10-13H,3,5-9H2,1H3.